The van der Waals surface area contributed by atoms with E-state index in [0.717, 1.165) is 24.1 Å². The Morgan fingerprint density at radius 3 is 2.54 bits per heavy atom. The van der Waals surface area contributed by atoms with Gasteiger partial charge in [-0.3, -0.25) is 4.79 Å². The number of carbonyl (C=O) groups is 1. The Bertz CT molecular complexity index is 711. The molecule has 0 radical (unpaired) electrons. The Balaban J connectivity index is 1.61. The van der Waals surface area contributed by atoms with Crippen molar-refractivity contribution in [3.8, 4) is 0 Å². The highest BCUT2D eigenvalue weighted by Crippen LogP contribution is 2.22. The highest BCUT2D eigenvalue weighted by Gasteiger charge is 2.17. The lowest BCUT2D eigenvalue weighted by molar-refractivity contribution is 0.0927. The zero-order chi connectivity index (χ0) is 16.9. The highest BCUT2D eigenvalue weighted by molar-refractivity contribution is 6.31. The highest BCUT2D eigenvalue weighted by atomic mass is 35.5. The van der Waals surface area contributed by atoms with E-state index < -0.39 is 0 Å². The van der Waals surface area contributed by atoms with E-state index in [1.165, 1.54) is 19.3 Å². The third-order valence-electron chi connectivity index (χ3n) is 4.28. The standard InChI is InChI=1S/C18H21ClN4O/c1-12-7-8-15(9-16(12)19)23-18-20-10-13(11-21-18)17(24)22-14-5-3-2-4-6-14/h7-11,14H,2-6H2,1H3,(H,22,24)(H,20,21,23). The van der Waals surface area contributed by atoms with E-state index in [0.29, 0.717) is 16.5 Å². The molecule has 2 N–H and O–H groups in total. The Morgan fingerprint density at radius 2 is 1.88 bits per heavy atom. The number of rotatable bonds is 4. The van der Waals surface area contributed by atoms with Gasteiger partial charge >= 0.3 is 0 Å². The van der Waals surface area contributed by atoms with Crippen LogP contribution in [0.25, 0.3) is 0 Å². The summed E-state index contributed by atoms with van der Waals surface area (Å²) in [5, 5.41) is 6.83. The number of hydrogen-bond acceptors (Lipinski definition) is 4. The number of aryl methyl sites for hydroxylation is 1. The van der Waals surface area contributed by atoms with E-state index in [-0.39, 0.29) is 11.9 Å². The van der Waals surface area contributed by atoms with Crippen LogP contribution >= 0.6 is 11.6 Å². The maximum Gasteiger partial charge on any atom is 0.254 e. The molecule has 0 bridgehead atoms. The fourth-order valence-corrected chi connectivity index (χ4v) is 3.01. The maximum absolute atomic E-state index is 12.2. The van der Waals surface area contributed by atoms with Gasteiger partial charge in [0, 0.05) is 29.1 Å². The van der Waals surface area contributed by atoms with Crippen molar-refractivity contribution >= 4 is 29.1 Å². The number of amides is 1. The molecule has 5 nitrogen and oxygen atoms in total. The molecule has 1 aliphatic carbocycles. The minimum Gasteiger partial charge on any atom is -0.349 e. The summed E-state index contributed by atoms with van der Waals surface area (Å²) in [5.41, 5.74) is 2.30. The number of benzene rings is 1. The molecule has 1 heterocycles. The summed E-state index contributed by atoms with van der Waals surface area (Å²) in [7, 11) is 0. The summed E-state index contributed by atoms with van der Waals surface area (Å²) in [6, 6.07) is 5.94. The molecule has 2 aromatic rings. The topological polar surface area (TPSA) is 66.9 Å². The Labute approximate surface area is 146 Å². The number of nitrogens with zero attached hydrogens (tertiary/aromatic N) is 2. The van der Waals surface area contributed by atoms with Crippen molar-refractivity contribution < 1.29 is 4.79 Å². The maximum atomic E-state index is 12.2. The molecule has 126 valence electrons. The Hall–Kier alpha value is -2.14. The average molecular weight is 345 g/mol. The van der Waals surface area contributed by atoms with Crippen molar-refractivity contribution in [1.29, 1.82) is 0 Å². The van der Waals surface area contributed by atoms with Gasteiger partial charge < -0.3 is 10.6 Å². The van der Waals surface area contributed by atoms with Gasteiger partial charge in [0.15, 0.2) is 0 Å². The molecule has 6 heteroatoms. The summed E-state index contributed by atoms with van der Waals surface area (Å²) in [6.45, 7) is 1.95. The number of hydrogen-bond donors (Lipinski definition) is 2. The van der Waals surface area contributed by atoms with Crippen molar-refractivity contribution in [2.24, 2.45) is 0 Å². The van der Waals surface area contributed by atoms with Gasteiger partial charge in [0.25, 0.3) is 5.91 Å². The third kappa shape index (κ3) is 4.23. The van der Waals surface area contributed by atoms with Crippen LogP contribution in [0.2, 0.25) is 5.02 Å². The van der Waals surface area contributed by atoms with E-state index in [2.05, 4.69) is 20.6 Å². The van der Waals surface area contributed by atoms with Crippen LogP contribution in [0.5, 0.6) is 0 Å². The van der Waals surface area contributed by atoms with Gasteiger partial charge in [-0.2, -0.15) is 0 Å². The summed E-state index contributed by atoms with van der Waals surface area (Å²) in [4.78, 5) is 20.7. The lowest BCUT2D eigenvalue weighted by atomic mass is 9.95. The molecule has 1 aliphatic rings. The molecule has 0 spiro atoms. The monoisotopic (exact) mass is 344 g/mol. The molecule has 1 aromatic heterocycles. The van der Waals surface area contributed by atoms with Gasteiger partial charge in [-0.1, -0.05) is 36.9 Å². The lowest BCUT2D eigenvalue weighted by Gasteiger charge is -2.22. The smallest absolute Gasteiger partial charge is 0.254 e. The summed E-state index contributed by atoms with van der Waals surface area (Å²) >= 11 is 6.11. The van der Waals surface area contributed by atoms with Crippen LogP contribution in [0.1, 0.15) is 48.0 Å². The van der Waals surface area contributed by atoms with Crippen LogP contribution in [0, 0.1) is 6.92 Å². The second-order valence-corrected chi connectivity index (χ2v) is 6.60. The van der Waals surface area contributed by atoms with Crippen molar-refractivity contribution in [3.05, 3.63) is 46.7 Å². The van der Waals surface area contributed by atoms with Crippen LogP contribution in [0.15, 0.2) is 30.6 Å². The van der Waals surface area contributed by atoms with Gasteiger partial charge in [-0.05, 0) is 37.5 Å². The zero-order valence-corrected chi connectivity index (χ0v) is 14.4. The first kappa shape index (κ1) is 16.7. The van der Waals surface area contributed by atoms with Gasteiger partial charge in [-0.25, -0.2) is 9.97 Å². The van der Waals surface area contributed by atoms with Gasteiger partial charge in [0.2, 0.25) is 5.95 Å². The number of halogens is 1. The zero-order valence-electron chi connectivity index (χ0n) is 13.7. The molecular weight excluding hydrogens is 324 g/mol. The van der Waals surface area contributed by atoms with Crippen LogP contribution in [-0.4, -0.2) is 21.9 Å². The first-order valence-corrected chi connectivity index (χ1v) is 8.66. The Kier molecular flexibility index (Phi) is 5.30. The second kappa shape index (κ2) is 7.62. The fraction of sp³-hybridized carbons (Fsp3) is 0.389. The van der Waals surface area contributed by atoms with Crippen LogP contribution < -0.4 is 10.6 Å². The van der Waals surface area contributed by atoms with Gasteiger partial charge in [0.1, 0.15) is 0 Å². The lowest BCUT2D eigenvalue weighted by Crippen LogP contribution is -2.36. The molecule has 0 atom stereocenters. The molecule has 3 rings (SSSR count). The van der Waals surface area contributed by atoms with Gasteiger partial charge in [0.05, 0.1) is 5.56 Å². The second-order valence-electron chi connectivity index (χ2n) is 6.19. The molecule has 1 fully saturated rings. The van der Waals surface area contributed by atoms with Crippen molar-refractivity contribution in [2.45, 2.75) is 45.1 Å². The molecule has 0 unspecified atom stereocenters. The first-order valence-electron chi connectivity index (χ1n) is 8.28. The van der Waals surface area contributed by atoms with Crippen molar-refractivity contribution in [3.63, 3.8) is 0 Å². The van der Waals surface area contributed by atoms with E-state index in [9.17, 15) is 4.79 Å². The SMILES string of the molecule is Cc1ccc(Nc2ncc(C(=O)NC3CCCCC3)cn2)cc1Cl. The number of carbonyl (C=O) groups excluding carboxylic acids is 1. The van der Waals surface area contributed by atoms with E-state index in [1.54, 1.807) is 12.4 Å². The van der Waals surface area contributed by atoms with Crippen LogP contribution in [-0.2, 0) is 0 Å². The molecule has 1 saturated carbocycles. The number of anilines is 2. The number of nitrogens with one attached hydrogen (secondary N) is 2. The fourth-order valence-electron chi connectivity index (χ4n) is 2.83. The molecule has 1 amide bonds. The predicted molar refractivity (Wildman–Crippen MR) is 95.8 cm³/mol. The van der Waals surface area contributed by atoms with Crippen LogP contribution in [0.3, 0.4) is 0 Å². The minimum absolute atomic E-state index is 0.105. The first-order chi connectivity index (χ1) is 11.6. The molecule has 24 heavy (non-hydrogen) atoms. The normalized spacial score (nSPS) is 15.1. The van der Waals surface area contributed by atoms with Crippen molar-refractivity contribution in [2.75, 3.05) is 5.32 Å². The largest absolute Gasteiger partial charge is 0.349 e. The summed E-state index contributed by atoms with van der Waals surface area (Å²) < 4.78 is 0. The van der Waals surface area contributed by atoms with E-state index in [1.807, 2.05) is 25.1 Å². The van der Waals surface area contributed by atoms with Crippen molar-refractivity contribution in [1.82, 2.24) is 15.3 Å². The average Bonchev–Trinajstić information content (AvgIpc) is 2.60. The quantitative estimate of drug-likeness (QED) is 0.870. The third-order valence-corrected chi connectivity index (χ3v) is 4.69. The van der Waals surface area contributed by atoms with Gasteiger partial charge in [-0.15, -0.1) is 0 Å². The summed E-state index contributed by atoms with van der Waals surface area (Å²) in [6.07, 6.45) is 8.83. The molecule has 0 saturated heterocycles. The van der Waals surface area contributed by atoms with E-state index in [4.69, 9.17) is 11.6 Å². The minimum atomic E-state index is -0.105. The Morgan fingerprint density at radius 1 is 1.17 bits per heavy atom. The predicted octanol–water partition coefficient (Wildman–Crippen LogP) is 4.24. The van der Waals surface area contributed by atoms with Crippen LogP contribution in [0.4, 0.5) is 11.6 Å². The number of aromatic nitrogens is 2. The molecule has 0 aliphatic heterocycles. The summed E-state index contributed by atoms with van der Waals surface area (Å²) in [5.74, 6) is 0.330. The van der Waals surface area contributed by atoms with E-state index >= 15 is 0 Å². The molecular formula is C18H21ClN4O. The molecule has 1 aromatic carbocycles.